The molecule has 0 amide bonds. The van der Waals surface area contributed by atoms with Gasteiger partial charge in [0.1, 0.15) is 0 Å². The molecule has 0 spiro atoms. The van der Waals surface area contributed by atoms with Crippen LogP contribution in [0.4, 0.5) is 22.7 Å². The van der Waals surface area contributed by atoms with Crippen molar-refractivity contribution < 1.29 is 0 Å². The van der Waals surface area contributed by atoms with Gasteiger partial charge in [0.25, 0.3) is 0 Å². The lowest BCUT2D eigenvalue weighted by molar-refractivity contribution is 1.68. The molecule has 4 aromatic rings. The topological polar surface area (TPSA) is 104 Å². The maximum atomic E-state index is 5.60. The molecule has 0 bridgehead atoms. The Morgan fingerprint density at radius 3 is 1.31 bits per heavy atom. The van der Waals surface area contributed by atoms with Gasteiger partial charge < -0.3 is 22.9 Å². The summed E-state index contributed by atoms with van der Waals surface area (Å²) >= 11 is 44.8. The van der Waals surface area contributed by atoms with Crippen molar-refractivity contribution >= 4 is 116 Å². The van der Waals surface area contributed by atoms with Gasteiger partial charge in [-0.25, -0.2) is 0 Å². The van der Waals surface area contributed by atoms with Crippen molar-refractivity contribution in [2.75, 3.05) is 22.9 Å². The number of hydrogen-bond acceptors (Lipinski definition) is 4. The minimum atomic E-state index is 0.445. The Kier molecular flexibility index (Phi) is 14.7. The third-order valence-electron chi connectivity index (χ3n) is 3.79. The maximum absolute atomic E-state index is 5.60. The molecule has 0 saturated carbocycles. The summed E-state index contributed by atoms with van der Waals surface area (Å²) in [4.78, 5) is 0. The Morgan fingerprint density at radius 2 is 0.917 bits per heavy atom. The van der Waals surface area contributed by atoms with E-state index < -0.39 is 0 Å². The number of rotatable bonds is 0. The molecule has 0 heterocycles. The molecule has 0 aliphatic carbocycles. The molecule has 0 saturated heterocycles. The zero-order chi connectivity index (χ0) is 27.4. The third kappa shape index (κ3) is 12.6. The summed E-state index contributed by atoms with van der Waals surface area (Å²) in [7, 11) is 0. The predicted molar refractivity (Wildman–Crippen MR) is 163 cm³/mol. The van der Waals surface area contributed by atoms with Gasteiger partial charge in [-0.2, -0.15) is 0 Å². The van der Waals surface area contributed by atoms with Crippen LogP contribution in [-0.4, -0.2) is 0 Å². The van der Waals surface area contributed by atoms with E-state index in [1.54, 1.807) is 72.8 Å². The summed E-state index contributed by atoms with van der Waals surface area (Å²) in [6.07, 6.45) is 0. The first-order chi connectivity index (χ1) is 16.8. The van der Waals surface area contributed by atoms with Crippen LogP contribution in [0.5, 0.6) is 0 Å². The summed E-state index contributed by atoms with van der Waals surface area (Å²) in [6.45, 7) is 0. The van der Waals surface area contributed by atoms with Gasteiger partial charge in [0.05, 0.1) is 36.5 Å². The monoisotopic (exact) mass is 644 g/mol. The van der Waals surface area contributed by atoms with Gasteiger partial charge in [-0.05, 0) is 66.7 Å². The van der Waals surface area contributed by atoms with Crippen molar-refractivity contribution in [3.05, 3.63) is 113 Å². The average Bonchev–Trinajstić information content (AvgIpc) is 2.78. The summed E-state index contributed by atoms with van der Waals surface area (Å²) in [5.74, 6) is 0. The van der Waals surface area contributed by atoms with Crippen LogP contribution in [0.25, 0.3) is 0 Å². The van der Waals surface area contributed by atoms with Gasteiger partial charge in [-0.1, -0.05) is 98.9 Å². The van der Waals surface area contributed by atoms with Crippen LogP contribution in [0.15, 0.2) is 72.8 Å². The molecule has 0 unspecified atom stereocenters. The molecule has 4 nitrogen and oxygen atoms in total. The Hall–Kier alpha value is -1.60. The zero-order valence-corrected chi connectivity index (χ0v) is 24.3. The molecule has 0 radical (unpaired) electrons. The van der Waals surface area contributed by atoms with E-state index in [1.807, 2.05) is 0 Å². The minimum absolute atomic E-state index is 0.445. The fraction of sp³-hybridized carbons (Fsp3) is 0. The second-order valence-electron chi connectivity index (χ2n) is 6.68. The van der Waals surface area contributed by atoms with Crippen LogP contribution in [0.3, 0.4) is 0 Å². The second-order valence-corrected chi connectivity index (χ2v) is 10.0. The molecular weight excluding hydrogens is 628 g/mol. The van der Waals surface area contributed by atoms with Crippen molar-refractivity contribution in [3.63, 3.8) is 0 Å². The number of anilines is 4. The minimum Gasteiger partial charge on any atom is -0.399 e. The fourth-order valence-corrected chi connectivity index (χ4v) is 3.66. The molecule has 0 fully saturated rings. The summed E-state index contributed by atoms with van der Waals surface area (Å²) in [6, 6.07) is 20.0. The van der Waals surface area contributed by atoms with Gasteiger partial charge >= 0.3 is 0 Å². The van der Waals surface area contributed by atoms with E-state index in [9.17, 15) is 0 Å². The van der Waals surface area contributed by atoms with Crippen LogP contribution in [0.2, 0.25) is 40.2 Å². The molecule has 0 aromatic heterocycles. The molecule has 12 heteroatoms. The van der Waals surface area contributed by atoms with E-state index in [0.29, 0.717) is 62.9 Å². The standard InChI is InChI=1S/4C6H5Cl2N/c7-4-1-5(8)3-6(9)2-4;7-5-2-1-4(9)3-6(5)8;7-4-1-2-5(8)6(9)3-4;7-4-2-1-3-5(8)6(4)9/h4*1-3H,9H2. The van der Waals surface area contributed by atoms with Crippen LogP contribution in [0.1, 0.15) is 0 Å². The molecule has 192 valence electrons. The Morgan fingerprint density at radius 1 is 0.389 bits per heavy atom. The van der Waals surface area contributed by atoms with Crippen molar-refractivity contribution in [2.45, 2.75) is 0 Å². The highest BCUT2D eigenvalue weighted by molar-refractivity contribution is 6.42. The molecule has 8 N–H and O–H groups in total. The number of halogens is 8. The van der Waals surface area contributed by atoms with E-state index in [4.69, 9.17) is 116 Å². The molecule has 4 aromatic carbocycles. The lowest BCUT2D eigenvalue weighted by Crippen LogP contribution is -1.85. The molecular formula is C24H20Cl8N4. The summed E-state index contributed by atoms with van der Waals surface area (Å²) in [5.41, 5.74) is 23.8. The maximum Gasteiger partial charge on any atom is 0.0692 e. The van der Waals surface area contributed by atoms with Gasteiger partial charge in [0.15, 0.2) is 0 Å². The number of nitrogens with two attached hydrogens (primary N) is 4. The van der Waals surface area contributed by atoms with E-state index >= 15 is 0 Å². The Bertz CT molecular complexity index is 1160. The highest BCUT2D eigenvalue weighted by atomic mass is 35.5. The normalized spacial score (nSPS) is 9.56. The number of hydrogen-bond donors (Lipinski definition) is 4. The molecule has 0 atom stereocenters. The Balaban J connectivity index is 0.000000240. The first-order valence-electron chi connectivity index (χ1n) is 9.62. The van der Waals surface area contributed by atoms with Crippen LogP contribution in [0, 0.1) is 0 Å². The first-order valence-corrected chi connectivity index (χ1v) is 12.6. The largest absolute Gasteiger partial charge is 0.399 e. The molecule has 0 aliphatic heterocycles. The highest BCUT2D eigenvalue weighted by Gasteiger charge is 1.97. The van der Waals surface area contributed by atoms with Crippen LogP contribution >= 0.6 is 92.8 Å². The second kappa shape index (κ2) is 16.3. The van der Waals surface area contributed by atoms with E-state index in [0.717, 1.165) is 0 Å². The van der Waals surface area contributed by atoms with Gasteiger partial charge in [-0.3, -0.25) is 0 Å². The van der Waals surface area contributed by atoms with Gasteiger partial charge in [0, 0.05) is 26.4 Å². The average molecular weight is 648 g/mol. The number of para-hydroxylation sites is 1. The van der Waals surface area contributed by atoms with Crippen molar-refractivity contribution in [3.8, 4) is 0 Å². The van der Waals surface area contributed by atoms with Gasteiger partial charge in [0.2, 0.25) is 0 Å². The van der Waals surface area contributed by atoms with E-state index in [-0.39, 0.29) is 0 Å². The smallest absolute Gasteiger partial charge is 0.0692 e. The number of benzene rings is 4. The third-order valence-corrected chi connectivity index (χ3v) is 6.20. The Labute approximate surface area is 249 Å². The van der Waals surface area contributed by atoms with Gasteiger partial charge in [-0.15, -0.1) is 0 Å². The van der Waals surface area contributed by atoms with Crippen molar-refractivity contribution in [1.29, 1.82) is 0 Å². The molecule has 4 rings (SSSR count). The van der Waals surface area contributed by atoms with E-state index in [1.165, 1.54) is 0 Å². The molecule has 0 aliphatic rings. The lowest BCUT2D eigenvalue weighted by Gasteiger charge is -1.96. The van der Waals surface area contributed by atoms with E-state index in [2.05, 4.69) is 0 Å². The van der Waals surface area contributed by atoms with Crippen molar-refractivity contribution in [1.82, 2.24) is 0 Å². The molecule has 36 heavy (non-hydrogen) atoms. The summed E-state index contributed by atoms with van der Waals surface area (Å²) in [5, 5.41) is 4.32. The zero-order valence-electron chi connectivity index (χ0n) is 18.3. The highest BCUT2D eigenvalue weighted by Crippen LogP contribution is 2.26. The quantitative estimate of drug-likeness (QED) is 0.143. The fourth-order valence-electron chi connectivity index (χ4n) is 2.11. The number of nitrogen functional groups attached to an aromatic ring is 4. The van der Waals surface area contributed by atoms with Crippen LogP contribution < -0.4 is 22.9 Å². The predicted octanol–water partition coefficient (Wildman–Crippen LogP) is 10.3. The van der Waals surface area contributed by atoms with Crippen molar-refractivity contribution in [2.24, 2.45) is 0 Å². The van der Waals surface area contributed by atoms with Crippen LogP contribution in [-0.2, 0) is 0 Å². The first kappa shape index (κ1) is 32.4. The summed E-state index contributed by atoms with van der Waals surface area (Å²) < 4.78 is 0. The SMILES string of the molecule is Nc1c(Cl)cccc1Cl.Nc1cc(Cl)cc(Cl)c1.Nc1cc(Cl)ccc1Cl.Nc1ccc(Cl)c(Cl)c1. The lowest BCUT2D eigenvalue weighted by atomic mass is 10.3.